The van der Waals surface area contributed by atoms with Crippen molar-refractivity contribution in [2.45, 2.75) is 24.5 Å². The van der Waals surface area contributed by atoms with Crippen LogP contribution in [0, 0.1) is 0 Å². The molecule has 0 heterocycles. The molecular formula is C9H14ClNOSSi. The van der Waals surface area contributed by atoms with Gasteiger partial charge in [0.1, 0.15) is 0 Å². The van der Waals surface area contributed by atoms with Gasteiger partial charge in [0.15, 0.2) is 17.2 Å². The van der Waals surface area contributed by atoms with E-state index in [0.29, 0.717) is 4.90 Å². The van der Waals surface area contributed by atoms with Crippen LogP contribution in [0.5, 0.6) is 0 Å². The zero-order valence-corrected chi connectivity index (χ0v) is 11.1. The van der Waals surface area contributed by atoms with Crippen molar-refractivity contribution in [3.8, 4) is 0 Å². The van der Waals surface area contributed by atoms with Crippen LogP contribution < -0.4 is 0 Å². The molecule has 0 bridgehead atoms. The van der Waals surface area contributed by atoms with E-state index in [1.807, 2.05) is 37.8 Å². The summed E-state index contributed by atoms with van der Waals surface area (Å²) in [5, 5.41) is 0. The van der Waals surface area contributed by atoms with Crippen molar-refractivity contribution in [1.29, 1.82) is 0 Å². The van der Waals surface area contributed by atoms with E-state index in [4.69, 9.17) is 10.7 Å². The third-order valence-electron chi connectivity index (χ3n) is 1.43. The lowest BCUT2D eigenvalue weighted by Gasteiger charge is -2.11. The fourth-order valence-corrected chi connectivity index (χ4v) is 6.90. The maximum absolute atomic E-state index is 12.0. The molecule has 1 aromatic carbocycles. The molecule has 0 aliphatic heterocycles. The Morgan fingerprint density at radius 2 is 1.71 bits per heavy atom. The zero-order chi connectivity index (χ0) is 10.8. The molecule has 0 aliphatic carbocycles. The summed E-state index contributed by atoms with van der Waals surface area (Å²) in [6.07, 6.45) is 0. The first kappa shape index (κ1) is 11.7. The van der Waals surface area contributed by atoms with Crippen LogP contribution in [0.3, 0.4) is 0 Å². The molecule has 0 fully saturated rings. The van der Waals surface area contributed by atoms with Crippen LogP contribution >= 0.6 is 10.7 Å². The molecular weight excluding hydrogens is 234 g/mol. The standard InChI is InChI=1S/C9H14ClNOSSi/c1-14(2,3)11-13(10,12)9-7-5-4-6-8-9/h4-8H,1-3H3. The van der Waals surface area contributed by atoms with Crippen LogP contribution in [0.4, 0.5) is 0 Å². The Bertz CT molecular complexity index is 418. The molecule has 0 aliphatic rings. The summed E-state index contributed by atoms with van der Waals surface area (Å²) >= 11 is 0. The lowest BCUT2D eigenvalue weighted by Crippen LogP contribution is -2.18. The molecule has 0 saturated heterocycles. The lowest BCUT2D eigenvalue weighted by molar-refractivity contribution is 0.686. The SMILES string of the molecule is C[Si](C)(C)N=S(=O)(Cl)c1ccccc1. The molecule has 2 nitrogen and oxygen atoms in total. The van der Waals surface area contributed by atoms with E-state index < -0.39 is 17.2 Å². The van der Waals surface area contributed by atoms with E-state index in [0.717, 1.165) is 0 Å². The Labute approximate surface area is 91.1 Å². The van der Waals surface area contributed by atoms with E-state index in [9.17, 15) is 4.21 Å². The Hall–Kier alpha value is -0.323. The lowest BCUT2D eigenvalue weighted by atomic mass is 10.4. The predicted octanol–water partition coefficient (Wildman–Crippen LogP) is 3.50. The average Bonchev–Trinajstić information content (AvgIpc) is 2.01. The van der Waals surface area contributed by atoms with Crippen LogP contribution in [0.25, 0.3) is 0 Å². The van der Waals surface area contributed by atoms with Crippen molar-refractivity contribution in [3.63, 3.8) is 0 Å². The zero-order valence-electron chi connectivity index (χ0n) is 8.53. The van der Waals surface area contributed by atoms with Gasteiger partial charge in [-0.05, 0) is 31.8 Å². The fourth-order valence-electron chi connectivity index (χ4n) is 0.993. The van der Waals surface area contributed by atoms with E-state index in [1.54, 1.807) is 12.1 Å². The van der Waals surface area contributed by atoms with E-state index >= 15 is 0 Å². The van der Waals surface area contributed by atoms with Gasteiger partial charge in [0, 0.05) is 10.7 Å². The predicted molar refractivity (Wildman–Crippen MR) is 64.5 cm³/mol. The molecule has 78 valence electrons. The number of hydrogen-bond donors (Lipinski definition) is 0. The number of rotatable bonds is 2. The average molecular weight is 248 g/mol. The molecule has 14 heavy (non-hydrogen) atoms. The van der Waals surface area contributed by atoms with Gasteiger partial charge in [-0.1, -0.05) is 18.2 Å². The Morgan fingerprint density at radius 1 is 1.21 bits per heavy atom. The molecule has 0 N–H and O–H groups in total. The highest BCUT2D eigenvalue weighted by Crippen LogP contribution is 2.20. The monoisotopic (exact) mass is 247 g/mol. The van der Waals surface area contributed by atoms with Crippen molar-refractivity contribution in [1.82, 2.24) is 0 Å². The summed E-state index contributed by atoms with van der Waals surface area (Å²) in [6.45, 7) is 6.04. The molecule has 0 spiro atoms. The van der Waals surface area contributed by atoms with Gasteiger partial charge in [0.05, 0.1) is 4.90 Å². The summed E-state index contributed by atoms with van der Waals surface area (Å²) in [5.74, 6) is 0. The summed E-state index contributed by atoms with van der Waals surface area (Å²) in [7, 11) is 1.48. The van der Waals surface area contributed by atoms with Crippen molar-refractivity contribution in [2.75, 3.05) is 0 Å². The molecule has 1 aromatic rings. The third-order valence-corrected chi connectivity index (χ3v) is 6.56. The summed E-state index contributed by atoms with van der Waals surface area (Å²) in [6, 6.07) is 9.00. The van der Waals surface area contributed by atoms with Crippen LogP contribution in [-0.2, 0) is 8.94 Å². The van der Waals surface area contributed by atoms with Crippen LogP contribution in [0.15, 0.2) is 39.3 Å². The highest BCUT2D eigenvalue weighted by Gasteiger charge is 2.17. The highest BCUT2D eigenvalue weighted by molar-refractivity contribution is 8.16. The quantitative estimate of drug-likeness (QED) is 0.581. The summed E-state index contributed by atoms with van der Waals surface area (Å²) in [4.78, 5) is 0.601. The number of benzene rings is 1. The van der Waals surface area contributed by atoms with Gasteiger partial charge in [-0.3, -0.25) is 4.03 Å². The molecule has 0 radical (unpaired) electrons. The first-order valence-electron chi connectivity index (χ1n) is 4.34. The minimum Gasteiger partial charge on any atom is -0.262 e. The van der Waals surface area contributed by atoms with Crippen molar-refractivity contribution >= 4 is 27.9 Å². The Kier molecular flexibility index (Phi) is 3.39. The van der Waals surface area contributed by atoms with Crippen LogP contribution in [0.2, 0.25) is 19.6 Å². The maximum Gasteiger partial charge on any atom is 0.186 e. The largest absolute Gasteiger partial charge is 0.262 e. The highest BCUT2D eigenvalue weighted by atomic mass is 35.7. The van der Waals surface area contributed by atoms with E-state index in [2.05, 4.69) is 4.03 Å². The first-order valence-corrected chi connectivity index (χ1v) is 10.1. The second kappa shape index (κ2) is 4.04. The molecule has 1 unspecified atom stereocenters. The minimum atomic E-state index is -2.71. The first-order chi connectivity index (χ1) is 6.31. The number of nitrogens with zero attached hydrogens (tertiary/aromatic N) is 1. The van der Waals surface area contributed by atoms with Gasteiger partial charge in [-0.2, -0.15) is 0 Å². The van der Waals surface area contributed by atoms with Gasteiger partial charge in [0.25, 0.3) is 0 Å². The summed E-state index contributed by atoms with van der Waals surface area (Å²) < 4.78 is 16.3. The topological polar surface area (TPSA) is 29.4 Å². The molecule has 1 atom stereocenters. The van der Waals surface area contributed by atoms with Gasteiger partial charge >= 0.3 is 0 Å². The minimum absolute atomic E-state index is 0.601. The van der Waals surface area contributed by atoms with Crippen molar-refractivity contribution in [2.24, 2.45) is 4.03 Å². The smallest absolute Gasteiger partial charge is 0.186 e. The molecule has 0 aromatic heterocycles. The number of hydrogen-bond acceptors (Lipinski definition) is 2. The normalized spacial score (nSPS) is 16.0. The molecule has 5 heteroatoms. The van der Waals surface area contributed by atoms with Gasteiger partial charge in [-0.25, -0.2) is 4.21 Å². The third kappa shape index (κ3) is 3.44. The Balaban J connectivity index is 3.23. The van der Waals surface area contributed by atoms with Crippen molar-refractivity contribution in [3.05, 3.63) is 30.3 Å². The molecule has 0 saturated carbocycles. The van der Waals surface area contributed by atoms with Gasteiger partial charge in [0.2, 0.25) is 0 Å². The van der Waals surface area contributed by atoms with Crippen LogP contribution in [-0.4, -0.2) is 12.4 Å². The second-order valence-corrected chi connectivity index (χ2v) is 11.7. The summed E-state index contributed by atoms with van der Waals surface area (Å²) in [5.41, 5.74) is 0. The van der Waals surface area contributed by atoms with Crippen molar-refractivity contribution < 1.29 is 4.21 Å². The number of halogens is 1. The second-order valence-electron chi connectivity index (χ2n) is 4.03. The molecule has 0 amide bonds. The fraction of sp³-hybridized carbons (Fsp3) is 0.333. The van der Waals surface area contributed by atoms with E-state index in [1.165, 1.54) is 0 Å². The van der Waals surface area contributed by atoms with Crippen LogP contribution in [0.1, 0.15) is 0 Å². The van der Waals surface area contributed by atoms with E-state index in [-0.39, 0.29) is 0 Å². The Morgan fingerprint density at radius 3 is 2.14 bits per heavy atom. The van der Waals surface area contributed by atoms with Gasteiger partial charge < -0.3 is 0 Å². The molecule has 1 rings (SSSR count). The maximum atomic E-state index is 12.0. The van der Waals surface area contributed by atoms with Gasteiger partial charge in [-0.15, -0.1) is 0 Å².